The fourth-order valence-electron chi connectivity index (χ4n) is 2.74. The molecule has 0 spiro atoms. The summed E-state index contributed by atoms with van der Waals surface area (Å²) in [7, 11) is 5.59. The number of halogens is 3. The lowest BCUT2D eigenvalue weighted by Crippen LogP contribution is -2.42. The zero-order valence-corrected chi connectivity index (χ0v) is 18.2. The minimum atomic E-state index is -0.248. The summed E-state index contributed by atoms with van der Waals surface area (Å²) in [5, 5.41) is 6.43. The first-order valence-electron chi connectivity index (χ1n) is 8.61. The van der Waals surface area contributed by atoms with Crippen LogP contribution in [0.4, 0.5) is 8.78 Å². The Balaban J connectivity index is 0.00000364. The summed E-state index contributed by atoms with van der Waals surface area (Å²) >= 11 is 0. The van der Waals surface area contributed by atoms with Gasteiger partial charge in [0.05, 0.1) is 6.04 Å². The first-order valence-corrected chi connectivity index (χ1v) is 8.61. The minimum absolute atomic E-state index is 0. The van der Waals surface area contributed by atoms with Gasteiger partial charge in [-0.2, -0.15) is 0 Å². The molecule has 0 bridgehead atoms. The van der Waals surface area contributed by atoms with Crippen molar-refractivity contribution in [1.82, 2.24) is 15.5 Å². The van der Waals surface area contributed by atoms with Gasteiger partial charge in [-0.3, -0.25) is 4.99 Å². The molecule has 2 rings (SSSR count). The Kier molecular flexibility index (Phi) is 10.2. The van der Waals surface area contributed by atoms with Crippen molar-refractivity contribution in [2.45, 2.75) is 12.5 Å². The lowest BCUT2D eigenvalue weighted by Gasteiger charge is -2.26. The van der Waals surface area contributed by atoms with Crippen molar-refractivity contribution in [2.24, 2.45) is 4.99 Å². The van der Waals surface area contributed by atoms with E-state index in [0.29, 0.717) is 31.0 Å². The Bertz CT molecular complexity index is 737. The first kappa shape index (κ1) is 23.3. The second kappa shape index (κ2) is 11.9. The SMILES string of the molecule is CN=C(NCCc1ccccc1F)NCC(c1cccc(F)c1)N(C)C.I. The number of aliphatic imine (C=N–C) groups is 1. The molecule has 27 heavy (non-hydrogen) atoms. The highest BCUT2D eigenvalue weighted by Crippen LogP contribution is 2.18. The number of benzene rings is 2. The lowest BCUT2D eigenvalue weighted by molar-refractivity contribution is 0.297. The predicted molar refractivity (Wildman–Crippen MR) is 118 cm³/mol. The van der Waals surface area contributed by atoms with E-state index in [0.717, 1.165) is 5.56 Å². The van der Waals surface area contributed by atoms with Crippen LogP contribution in [-0.2, 0) is 6.42 Å². The molecule has 0 heterocycles. The van der Waals surface area contributed by atoms with Gasteiger partial charge in [0.2, 0.25) is 0 Å². The average Bonchev–Trinajstić information content (AvgIpc) is 2.61. The summed E-state index contributed by atoms with van der Waals surface area (Å²) in [4.78, 5) is 6.21. The van der Waals surface area contributed by atoms with Crippen LogP contribution in [0.1, 0.15) is 17.2 Å². The maximum absolute atomic E-state index is 13.6. The largest absolute Gasteiger partial charge is 0.356 e. The van der Waals surface area contributed by atoms with E-state index in [1.54, 1.807) is 31.3 Å². The molecule has 0 aliphatic rings. The van der Waals surface area contributed by atoms with E-state index in [-0.39, 0.29) is 41.7 Å². The molecule has 1 atom stereocenters. The molecule has 0 radical (unpaired) electrons. The van der Waals surface area contributed by atoms with E-state index >= 15 is 0 Å². The zero-order chi connectivity index (χ0) is 18.9. The van der Waals surface area contributed by atoms with Gasteiger partial charge in [0.1, 0.15) is 11.6 Å². The summed E-state index contributed by atoms with van der Waals surface area (Å²) in [6.07, 6.45) is 0.564. The predicted octanol–water partition coefficient (Wildman–Crippen LogP) is 3.59. The van der Waals surface area contributed by atoms with Crippen molar-refractivity contribution in [2.75, 3.05) is 34.2 Å². The molecule has 2 aromatic rings. The standard InChI is InChI=1S/C20H26F2N4.HI/c1-23-20(24-12-11-15-7-4-5-10-18(15)22)25-14-19(26(2)3)16-8-6-9-17(21)13-16;/h4-10,13,19H,11-12,14H2,1-3H3,(H2,23,24,25);1H. The van der Waals surface area contributed by atoms with Crippen molar-refractivity contribution in [1.29, 1.82) is 0 Å². The molecule has 0 fully saturated rings. The molecule has 148 valence electrons. The van der Waals surface area contributed by atoms with Crippen LogP contribution in [0.15, 0.2) is 53.5 Å². The quantitative estimate of drug-likeness (QED) is 0.356. The number of guanidine groups is 1. The van der Waals surface area contributed by atoms with E-state index in [2.05, 4.69) is 15.6 Å². The maximum Gasteiger partial charge on any atom is 0.191 e. The van der Waals surface area contributed by atoms with Gasteiger partial charge >= 0.3 is 0 Å². The third-order valence-electron chi connectivity index (χ3n) is 4.19. The van der Waals surface area contributed by atoms with E-state index in [1.165, 1.54) is 12.1 Å². The number of likely N-dealkylation sites (N-methyl/N-ethyl adjacent to an activating group) is 1. The van der Waals surface area contributed by atoms with Crippen LogP contribution in [0.5, 0.6) is 0 Å². The summed E-state index contributed by atoms with van der Waals surface area (Å²) in [5.41, 5.74) is 1.56. The van der Waals surface area contributed by atoms with Crippen LogP contribution in [-0.4, -0.2) is 45.1 Å². The molecular formula is C20H27F2IN4. The lowest BCUT2D eigenvalue weighted by atomic mass is 10.1. The van der Waals surface area contributed by atoms with Crippen LogP contribution in [0, 0.1) is 11.6 Å². The van der Waals surface area contributed by atoms with E-state index in [1.807, 2.05) is 31.1 Å². The zero-order valence-electron chi connectivity index (χ0n) is 15.9. The molecule has 0 saturated heterocycles. The van der Waals surface area contributed by atoms with E-state index < -0.39 is 0 Å². The highest BCUT2D eigenvalue weighted by molar-refractivity contribution is 14.0. The van der Waals surface area contributed by atoms with Crippen molar-refractivity contribution in [3.05, 3.63) is 71.3 Å². The second-order valence-corrected chi connectivity index (χ2v) is 6.26. The molecule has 0 amide bonds. The second-order valence-electron chi connectivity index (χ2n) is 6.26. The van der Waals surface area contributed by atoms with Crippen LogP contribution in [0.3, 0.4) is 0 Å². The summed E-state index contributed by atoms with van der Waals surface area (Å²) in [6.45, 7) is 1.13. The van der Waals surface area contributed by atoms with Gasteiger partial charge in [-0.15, -0.1) is 24.0 Å². The van der Waals surface area contributed by atoms with Crippen LogP contribution in [0.25, 0.3) is 0 Å². The Morgan fingerprint density at radius 3 is 2.44 bits per heavy atom. The molecule has 0 aliphatic heterocycles. The fraction of sp³-hybridized carbons (Fsp3) is 0.350. The number of hydrogen-bond donors (Lipinski definition) is 2. The molecule has 0 saturated carbocycles. The fourth-order valence-corrected chi connectivity index (χ4v) is 2.74. The van der Waals surface area contributed by atoms with Crippen molar-refractivity contribution in [3.63, 3.8) is 0 Å². The Hall–Kier alpha value is -1.74. The molecule has 2 N–H and O–H groups in total. The monoisotopic (exact) mass is 488 g/mol. The Morgan fingerprint density at radius 2 is 1.81 bits per heavy atom. The number of rotatable bonds is 7. The van der Waals surface area contributed by atoms with Gasteiger partial charge in [0.15, 0.2) is 5.96 Å². The highest BCUT2D eigenvalue weighted by atomic mass is 127. The van der Waals surface area contributed by atoms with Crippen molar-refractivity contribution in [3.8, 4) is 0 Å². The van der Waals surface area contributed by atoms with Crippen LogP contribution >= 0.6 is 24.0 Å². The van der Waals surface area contributed by atoms with Gasteiger partial charge in [0.25, 0.3) is 0 Å². The van der Waals surface area contributed by atoms with E-state index in [4.69, 9.17) is 0 Å². The molecule has 2 aromatic carbocycles. The average molecular weight is 488 g/mol. The summed E-state index contributed by atoms with van der Waals surface area (Å²) in [5.74, 6) is 0.183. The smallest absolute Gasteiger partial charge is 0.191 e. The Morgan fingerprint density at radius 1 is 1.07 bits per heavy atom. The Labute approximate surface area is 177 Å². The summed E-state index contributed by atoms with van der Waals surface area (Å²) < 4.78 is 27.2. The number of nitrogens with one attached hydrogen (secondary N) is 2. The molecule has 0 aliphatic carbocycles. The van der Waals surface area contributed by atoms with Crippen LogP contribution in [0.2, 0.25) is 0 Å². The normalized spacial score (nSPS) is 12.4. The molecule has 0 aromatic heterocycles. The van der Waals surface area contributed by atoms with Gasteiger partial charge in [0, 0.05) is 20.1 Å². The third kappa shape index (κ3) is 7.42. The highest BCUT2D eigenvalue weighted by Gasteiger charge is 2.15. The van der Waals surface area contributed by atoms with E-state index in [9.17, 15) is 8.78 Å². The van der Waals surface area contributed by atoms with Gasteiger partial charge < -0.3 is 15.5 Å². The molecule has 7 heteroatoms. The number of nitrogens with zero attached hydrogens (tertiary/aromatic N) is 2. The first-order chi connectivity index (χ1) is 12.5. The van der Waals surface area contributed by atoms with Crippen LogP contribution < -0.4 is 10.6 Å². The summed E-state index contributed by atoms with van der Waals surface area (Å²) in [6, 6.07) is 13.3. The van der Waals surface area contributed by atoms with Crippen molar-refractivity contribution >= 4 is 29.9 Å². The molecule has 4 nitrogen and oxygen atoms in total. The molecule has 1 unspecified atom stereocenters. The number of hydrogen-bond acceptors (Lipinski definition) is 2. The van der Waals surface area contributed by atoms with Gasteiger partial charge in [-0.1, -0.05) is 30.3 Å². The maximum atomic E-state index is 13.6. The third-order valence-corrected chi connectivity index (χ3v) is 4.19. The topological polar surface area (TPSA) is 39.7 Å². The van der Waals surface area contributed by atoms with Crippen molar-refractivity contribution < 1.29 is 8.78 Å². The minimum Gasteiger partial charge on any atom is -0.356 e. The molecular weight excluding hydrogens is 461 g/mol. The van der Waals surface area contributed by atoms with Gasteiger partial charge in [-0.05, 0) is 49.8 Å². The van der Waals surface area contributed by atoms with Gasteiger partial charge in [-0.25, -0.2) is 8.78 Å².